The quantitative estimate of drug-likeness (QED) is 0.703. The number of fused-ring (bicyclic) bond motifs is 1. The third-order valence-corrected chi connectivity index (χ3v) is 5.89. The minimum Gasteiger partial charge on any atom is -0.391 e. The molecule has 8 nitrogen and oxygen atoms in total. The van der Waals surface area contributed by atoms with Crippen LogP contribution in [0.3, 0.4) is 0 Å². The molecular formula is C22H25N5O3. The molecule has 2 aromatic heterocycles. The standard InChI is InChI=1S/C22H25N5O3/c1-25-14-23-19-12-18(15-2-4-16(5-3-15)26-8-10-30-11-9-26)24-21(20(19)22(25)29)27-7-6-17(28)13-27/h2-5,12,14,17,28H,6-11,13H2,1H3. The maximum atomic E-state index is 12.8. The summed E-state index contributed by atoms with van der Waals surface area (Å²) in [6.07, 6.45) is 1.81. The van der Waals surface area contributed by atoms with Crippen LogP contribution in [0.5, 0.6) is 0 Å². The highest BCUT2D eigenvalue weighted by Crippen LogP contribution is 2.30. The van der Waals surface area contributed by atoms with Gasteiger partial charge in [-0.3, -0.25) is 4.79 Å². The predicted molar refractivity (Wildman–Crippen MR) is 116 cm³/mol. The summed E-state index contributed by atoms with van der Waals surface area (Å²) in [7, 11) is 1.69. The molecule has 5 rings (SSSR count). The van der Waals surface area contributed by atoms with Crippen molar-refractivity contribution in [3.8, 4) is 11.3 Å². The normalized spacial score (nSPS) is 19.6. The number of aromatic nitrogens is 3. The van der Waals surface area contributed by atoms with Crippen LogP contribution in [-0.4, -0.2) is 65.1 Å². The van der Waals surface area contributed by atoms with Gasteiger partial charge in [0.2, 0.25) is 0 Å². The highest BCUT2D eigenvalue weighted by molar-refractivity contribution is 5.92. The van der Waals surface area contributed by atoms with Gasteiger partial charge in [-0.1, -0.05) is 12.1 Å². The van der Waals surface area contributed by atoms with E-state index < -0.39 is 6.10 Å². The number of hydrogen-bond acceptors (Lipinski definition) is 7. The van der Waals surface area contributed by atoms with Gasteiger partial charge in [0.1, 0.15) is 11.2 Å². The van der Waals surface area contributed by atoms with Crippen molar-refractivity contribution in [2.45, 2.75) is 12.5 Å². The number of rotatable bonds is 3. The van der Waals surface area contributed by atoms with Crippen molar-refractivity contribution in [2.75, 3.05) is 49.2 Å². The number of pyridine rings is 1. The number of ether oxygens (including phenoxy) is 1. The summed E-state index contributed by atoms with van der Waals surface area (Å²) >= 11 is 0. The minimum atomic E-state index is -0.404. The van der Waals surface area contributed by atoms with Crippen molar-refractivity contribution in [3.05, 3.63) is 47.0 Å². The number of aliphatic hydroxyl groups is 1. The zero-order valence-electron chi connectivity index (χ0n) is 17.0. The van der Waals surface area contributed by atoms with Gasteiger partial charge in [0.15, 0.2) is 0 Å². The molecule has 156 valence electrons. The van der Waals surface area contributed by atoms with E-state index in [-0.39, 0.29) is 5.56 Å². The largest absolute Gasteiger partial charge is 0.391 e. The van der Waals surface area contributed by atoms with E-state index in [2.05, 4.69) is 34.1 Å². The average Bonchev–Trinajstić information content (AvgIpc) is 3.22. The summed E-state index contributed by atoms with van der Waals surface area (Å²) in [5.74, 6) is 0.602. The molecule has 2 aliphatic rings. The molecule has 1 N–H and O–H groups in total. The van der Waals surface area contributed by atoms with Gasteiger partial charge in [-0.2, -0.15) is 0 Å². The fourth-order valence-corrected chi connectivity index (χ4v) is 4.18. The molecule has 0 spiro atoms. The second-order valence-electron chi connectivity index (χ2n) is 7.92. The Kier molecular flexibility index (Phi) is 4.88. The second-order valence-corrected chi connectivity index (χ2v) is 7.92. The van der Waals surface area contributed by atoms with Crippen LogP contribution < -0.4 is 15.4 Å². The monoisotopic (exact) mass is 407 g/mol. The first-order chi connectivity index (χ1) is 14.6. The minimum absolute atomic E-state index is 0.127. The molecule has 1 unspecified atom stereocenters. The van der Waals surface area contributed by atoms with Crippen LogP contribution in [0.25, 0.3) is 22.2 Å². The van der Waals surface area contributed by atoms with Crippen molar-refractivity contribution >= 4 is 22.4 Å². The number of morpholine rings is 1. The topological polar surface area (TPSA) is 83.7 Å². The molecule has 0 saturated carbocycles. The molecule has 8 heteroatoms. The predicted octanol–water partition coefficient (Wildman–Crippen LogP) is 1.40. The van der Waals surface area contributed by atoms with E-state index in [9.17, 15) is 9.90 Å². The van der Waals surface area contributed by atoms with Gasteiger partial charge < -0.3 is 24.2 Å². The molecule has 0 radical (unpaired) electrons. The Hall–Kier alpha value is -2.97. The van der Waals surface area contributed by atoms with Gasteiger partial charge in [-0.05, 0) is 24.6 Å². The lowest BCUT2D eigenvalue weighted by Crippen LogP contribution is -2.36. The molecule has 1 atom stereocenters. The van der Waals surface area contributed by atoms with E-state index in [0.29, 0.717) is 36.2 Å². The third kappa shape index (κ3) is 3.42. The summed E-state index contributed by atoms with van der Waals surface area (Å²) in [6, 6.07) is 10.2. The van der Waals surface area contributed by atoms with Crippen molar-refractivity contribution in [1.29, 1.82) is 0 Å². The molecule has 4 heterocycles. The summed E-state index contributed by atoms with van der Waals surface area (Å²) < 4.78 is 6.90. The summed E-state index contributed by atoms with van der Waals surface area (Å²) in [6.45, 7) is 4.42. The van der Waals surface area contributed by atoms with Crippen LogP contribution in [0.1, 0.15) is 6.42 Å². The van der Waals surface area contributed by atoms with Crippen LogP contribution in [0, 0.1) is 0 Å². The molecule has 2 saturated heterocycles. The lowest BCUT2D eigenvalue weighted by molar-refractivity contribution is 0.122. The molecule has 0 bridgehead atoms. The average molecular weight is 407 g/mol. The smallest absolute Gasteiger partial charge is 0.264 e. The molecule has 3 aromatic rings. The Balaban J connectivity index is 1.58. The first-order valence-electron chi connectivity index (χ1n) is 10.3. The molecule has 2 fully saturated rings. The number of benzene rings is 1. The third-order valence-electron chi connectivity index (χ3n) is 5.89. The van der Waals surface area contributed by atoms with Gasteiger partial charge in [0.25, 0.3) is 5.56 Å². The lowest BCUT2D eigenvalue weighted by Gasteiger charge is -2.29. The van der Waals surface area contributed by atoms with Crippen LogP contribution in [-0.2, 0) is 11.8 Å². The van der Waals surface area contributed by atoms with E-state index in [1.165, 1.54) is 4.57 Å². The SMILES string of the molecule is Cn1cnc2cc(-c3ccc(N4CCOCC4)cc3)nc(N3CCC(O)C3)c2c1=O. The second kappa shape index (κ2) is 7.70. The lowest BCUT2D eigenvalue weighted by atomic mass is 10.1. The summed E-state index contributed by atoms with van der Waals surface area (Å²) in [5, 5.41) is 10.5. The molecule has 1 aromatic carbocycles. The number of β-amino-alcohol motifs (C(OH)–C–C–N with tert-alkyl or cyclic N) is 1. The van der Waals surface area contributed by atoms with Crippen LogP contribution >= 0.6 is 0 Å². The van der Waals surface area contributed by atoms with Gasteiger partial charge >= 0.3 is 0 Å². The Morgan fingerprint density at radius 1 is 1.10 bits per heavy atom. The van der Waals surface area contributed by atoms with E-state index >= 15 is 0 Å². The van der Waals surface area contributed by atoms with Gasteiger partial charge in [0, 0.05) is 44.5 Å². The molecular weight excluding hydrogens is 382 g/mol. The van der Waals surface area contributed by atoms with Crippen molar-refractivity contribution in [2.24, 2.45) is 7.05 Å². The number of aryl methyl sites for hydroxylation is 1. The number of nitrogens with zero attached hydrogens (tertiary/aromatic N) is 5. The Bertz CT molecular complexity index is 1120. The van der Waals surface area contributed by atoms with Crippen LogP contribution in [0.4, 0.5) is 11.5 Å². The maximum absolute atomic E-state index is 12.8. The van der Waals surface area contributed by atoms with E-state index in [0.717, 1.165) is 43.2 Å². The van der Waals surface area contributed by atoms with E-state index in [1.807, 2.05) is 11.0 Å². The molecule has 0 amide bonds. The fraction of sp³-hybridized carbons (Fsp3) is 0.409. The van der Waals surface area contributed by atoms with Gasteiger partial charge in [-0.15, -0.1) is 0 Å². The molecule has 30 heavy (non-hydrogen) atoms. The zero-order chi connectivity index (χ0) is 20.7. The van der Waals surface area contributed by atoms with E-state index in [4.69, 9.17) is 9.72 Å². The first-order valence-corrected chi connectivity index (χ1v) is 10.3. The van der Waals surface area contributed by atoms with Gasteiger partial charge in [-0.25, -0.2) is 9.97 Å². The fourth-order valence-electron chi connectivity index (χ4n) is 4.18. The highest BCUT2D eigenvalue weighted by atomic mass is 16.5. The zero-order valence-corrected chi connectivity index (χ0v) is 17.0. The maximum Gasteiger partial charge on any atom is 0.264 e. The summed E-state index contributed by atoms with van der Waals surface area (Å²) in [5.41, 5.74) is 3.40. The molecule has 2 aliphatic heterocycles. The van der Waals surface area contributed by atoms with Gasteiger partial charge in [0.05, 0.1) is 36.9 Å². The van der Waals surface area contributed by atoms with Crippen molar-refractivity contribution in [1.82, 2.24) is 14.5 Å². The number of aliphatic hydroxyl groups excluding tert-OH is 1. The van der Waals surface area contributed by atoms with Crippen molar-refractivity contribution in [3.63, 3.8) is 0 Å². The Morgan fingerprint density at radius 3 is 2.57 bits per heavy atom. The molecule has 0 aliphatic carbocycles. The van der Waals surface area contributed by atoms with Crippen LogP contribution in [0.15, 0.2) is 41.5 Å². The van der Waals surface area contributed by atoms with E-state index in [1.54, 1.807) is 13.4 Å². The number of hydrogen-bond donors (Lipinski definition) is 1. The number of anilines is 2. The Morgan fingerprint density at radius 2 is 1.87 bits per heavy atom. The first kappa shape index (κ1) is 19.0. The summed E-state index contributed by atoms with van der Waals surface area (Å²) in [4.78, 5) is 26.5. The van der Waals surface area contributed by atoms with Crippen LogP contribution in [0.2, 0.25) is 0 Å². The highest BCUT2D eigenvalue weighted by Gasteiger charge is 2.25. The Labute approximate surface area is 174 Å². The van der Waals surface area contributed by atoms with Crippen molar-refractivity contribution < 1.29 is 9.84 Å².